The number of carboxylic acids is 1. The van der Waals surface area contributed by atoms with Crippen LogP contribution in [-0.2, 0) is 4.79 Å². The highest BCUT2D eigenvalue weighted by molar-refractivity contribution is 6.00. The van der Waals surface area contributed by atoms with Gasteiger partial charge in [0.15, 0.2) is 0 Å². The highest BCUT2D eigenvalue weighted by Gasteiger charge is 2.47. The first kappa shape index (κ1) is 14.4. The van der Waals surface area contributed by atoms with Gasteiger partial charge < -0.3 is 15.7 Å². The normalized spacial score (nSPS) is 22.0. The highest BCUT2D eigenvalue weighted by Crippen LogP contribution is 2.38. The van der Waals surface area contributed by atoms with Crippen LogP contribution < -0.4 is 10.6 Å². The molecule has 2 rings (SSSR count). The van der Waals surface area contributed by atoms with Crippen molar-refractivity contribution in [3.8, 4) is 0 Å². The van der Waals surface area contributed by atoms with Crippen molar-refractivity contribution in [3.05, 3.63) is 29.3 Å². The molecule has 0 spiro atoms. The molecule has 5 nitrogen and oxygen atoms in total. The Hall–Kier alpha value is -2.04. The number of amides is 1. The van der Waals surface area contributed by atoms with E-state index in [4.69, 9.17) is 5.73 Å². The molecular formula is C15H20N2O3. The summed E-state index contributed by atoms with van der Waals surface area (Å²) in [4.78, 5) is 25.2. The maximum atomic E-state index is 11.7. The van der Waals surface area contributed by atoms with E-state index >= 15 is 0 Å². The van der Waals surface area contributed by atoms with Gasteiger partial charge in [-0.05, 0) is 43.9 Å². The second-order valence-corrected chi connectivity index (χ2v) is 5.33. The number of hydrogen-bond acceptors (Lipinski definition) is 3. The molecule has 1 amide bonds. The number of primary amides is 1. The first-order valence-electron chi connectivity index (χ1n) is 6.84. The zero-order valence-corrected chi connectivity index (χ0v) is 11.8. The molecule has 3 N–H and O–H groups in total. The molecule has 1 aliphatic rings. The predicted octanol–water partition coefficient (Wildman–Crippen LogP) is 1.93. The van der Waals surface area contributed by atoms with Crippen molar-refractivity contribution >= 4 is 17.6 Å². The standard InChI is InChI=1S/C15H20N2O3/c1-3-15(14(19)20)7-4-8-17(15)12-9-10(2)5-6-11(12)13(16)18/h5-6,9H,3-4,7-8H2,1-2H3,(H2,16,18)(H,19,20). The summed E-state index contributed by atoms with van der Waals surface area (Å²) in [5.41, 5.74) is 6.50. The molecule has 0 bridgehead atoms. The highest BCUT2D eigenvalue weighted by atomic mass is 16.4. The monoisotopic (exact) mass is 276 g/mol. The summed E-state index contributed by atoms with van der Waals surface area (Å²) in [6.07, 6.45) is 1.88. The van der Waals surface area contributed by atoms with Crippen molar-refractivity contribution in [2.24, 2.45) is 5.73 Å². The lowest BCUT2D eigenvalue weighted by molar-refractivity contribution is -0.143. The molecule has 5 heteroatoms. The van der Waals surface area contributed by atoms with Gasteiger partial charge >= 0.3 is 5.97 Å². The lowest BCUT2D eigenvalue weighted by Crippen LogP contribution is -2.50. The van der Waals surface area contributed by atoms with Gasteiger partial charge in [-0.15, -0.1) is 0 Å². The second-order valence-electron chi connectivity index (χ2n) is 5.33. The minimum absolute atomic E-state index is 0.386. The predicted molar refractivity (Wildman–Crippen MR) is 76.9 cm³/mol. The SMILES string of the molecule is CCC1(C(=O)O)CCCN1c1cc(C)ccc1C(N)=O. The van der Waals surface area contributed by atoms with E-state index in [1.54, 1.807) is 6.07 Å². The zero-order valence-electron chi connectivity index (χ0n) is 11.8. The van der Waals surface area contributed by atoms with Crippen molar-refractivity contribution in [3.63, 3.8) is 0 Å². The molecule has 1 unspecified atom stereocenters. The molecule has 0 aliphatic carbocycles. The molecule has 108 valence electrons. The lowest BCUT2D eigenvalue weighted by atomic mass is 9.91. The second kappa shape index (κ2) is 5.15. The van der Waals surface area contributed by atoms with Crippen LogP contribution in [-0.4, -0.2) is 29.1 Å². The van der Waals surface area contributed by atoms with Crippen LogP contribution in [0.2, 0.25) is 0 Å². The molecule has 0 saturated carbocycles. The van der Waals surface area contributed by atoms with Crippen molar-refractivity contribution < 1.29 is 14.7 Å². The summed E-state index contributed by atoms with van der Waals surface area (Å²) < 4.78 is 0. The van der Waals surface area contributed by atoms with Crippen molar-refractivity contribution in [2.75, 3.05) is 11.4 Å². The number of aryl methyl sites for hydroxylation is 1. The van der Waals surface area contributed by atoms with E-state index in [0.717, 1.165) is 12.0 Å². The van der Waals surface area contributed by atoms with Crippen LogP contribution in [0.1, 0.15) is 42.1 Å². The van der Waals surface area contributed by atoms with E-state index in [2.05, 4.69) is 0 Å². The minimum atomic E-state index is -0.933. The fourth-order valence-corrected chi connectivity index (χ4v) is 3.04. The maximum absolute atomic E-state index is 11.7. The largest absolute Gasteiger partial charge is 0.479 e. The molecule has 1 atom stereocenters. The Morgan fingerprint density at radius 1 is 1.45 bits per heavy atom. The molecule has 1 fully saturated rings. The molecule has 1 aliphatic heterocycles. The Balaban J connectivity index is 2.57. The zero-order chi connectivity index (χ0) is 14.9. The maximum Gasteiger partial charge on any atom is 0.329 e. The number of hydrogen-bond donors (Lipinski definition) is 2. The van der Waals surface area contributed by atoms with Crippen LogP contribution in [0.4, 0.5) is 5.69 Å². The molecule has 1 aromatic rings. The van der Waals surface area contributed by atoms with Gasteiger partial charge in [0.2, 0.25) is 0 Å². The van der Waals surface area contributed by atoms with Gasteiger partial charge in [0.1, 0.15) is 5.54 Å². The van der Waals surface area contributed by atoms with E-state index < -0.39 is 17.4 Å². The Kier molecular flexibility index (Phi) is 3.70. The summed E-state index contributed by atoms with van der Waals surface area (Å²) >= 11 is 0. The molecule has 1 saturated heterocycles. The van der Waals surface area contributed by atoms with E-state index in [1.807, 2.05) is 30.9 Å². The number of nitrogens with zero attached hydrogens (tertiary/aromatic N) is 1. The first-order chi connectivity index (χ1) is 9.42. The summed E-state index contributed by atoms with van der Waals surface area (Å²) in [5, 5.41) is 9.64. The number of nitrogens with two attached hydrogens (primary N) is 1. The van der Waals surface area contributed by atoms with Crippen molar-refractivity contribution in [1.29, 1.82) is 0 Å². The van der Waals surface area contributed by atoms with Gasteiger partial charge in [-0.2, -0.15) is 0 Å². The van der Waals surface area contributed by atoms with E-state index in [1.165, 1.54) is 0 Å². The first-order valence-corrected chi connectivity index (χ1v) is 6.84. The number of rotatable bonds is 4. The number of aliphatic carboxylic acids is 1. The molecule has 20 heavy (non-hydrogen) atoms. The van der Waals surface area contributed by atoms with Crippen LogP contribution in [0.3, 0.4) is 0 Å². The Morgan fingerprint density at radius 3 is 2.70 bits per heavy atom. The van der Waals surface area contributed by atoms with Crippen LogP contribution in [0, 0.1) is 6.92 Å². The van der Waals surface area contributed by atoms with Crippen LogP contribution >= 0.6 is 0 Å². The number of carbonyl (C=O) groups excluding carboxylic acids is 1. The van der Waals surface area contributed by atoms with E-state index in [-0.39, 0.29) is 0 Å². The summed E-state index contributed by atoms with van der Waals surface area (Å²) in [6, 6.07) is 5.33. The topological polar surface area (TPSA) is 83.6 Å². The lowest BCUT2D eigenvalue weighted by Gasteiger charge is -2.36. The fraction of sp³-hybridized carbons (Fsp3) is 0.467. The van der Waals surface area contributed by atoms with Crippen LogP contribution in [0.5, 0.6) is 0 Å². The Bertz CT molecular complexity index is 556. The average Bonchev–Trinajstić information content (AvgIpc) is 2.83. The van der Waals surface area contributed by atoms with Gasteiger partial charge in [-0.1, -0.05) is 13.0 Å². The summed E-state index contributed by atoms with van der Waals surface area (Å²) in [7, 11) is 0. The number of carbonyl (C=O) groups is 2. The van der Waals surface area contributed by atoms with Gasteiger partial charge in [-0.25, -0.2) is 4.79 Å². The van der Waals surface area contributed by atoms with Gasteiger partial charge in [0.25, 0.3) is 5.91 Å². The third kappa shape index (κ3) is 2.13. The van der Waals surface area contributed by atoms with E-state index in [9.17, 15) is 14.7 Å². The number of anilines is 1. The summed E-state index contributed by atoms with van der Waals surface area (Å²) in [5.74, 6) is -1.36. The smallest absolute Gasteiger partial charge is 0.329 e. The average molecular weight is 276 g/mol. The third-order valence-corrected chi connectivity index (χ3v) is 4.18. The van der Waals surface area contributed by atoms with Crippen molar-refractivity contribution in [1.82, 2.24) is 0 Å². The molecule has 1 heterocycles. The third-order valence-electron chi connectivity index (χ3n) is 4.18. The molecule has 0 aromatic heterocycles. The molecule has 0 radical (unpaired) electrons. The summed E-state index contributed by atoms with van der Waals surface area (Å²) in [6.45, 7) is 4.41. The van der Waals surface area contributed by atoms with E-state index in [0.29, 0.717) is 30.6 Å². The van der Waals surface area contributed by atoms with Gasteiger partial charge in [-0.3, -0.25) is 4.79 Å². The number of carboxylic acid groups (broad SMARTS) is 1. The molecular weight excluding hydrogens is 256 g/mol. The van der Waals surface area contributed by atoms with Gasteiger partial charge in [0.05, 0.1) is 11.3 Å². The Labute approximate surface area is 118 Å². The van der Waals surface area contributed by atoms with Crippen molar-refractivity contribution in [2.45, 2.75) is 38.6 Å². The quantitative estimate of drug-likeness (QED) is 0.880. The number of benzene rings is 1. The Morgan fingerprint density at radius 2 is 2.15 bits per heavy atom. The van der Waals surface area contributed by atoms with Crippen LogP contribution in [0.25, 0.3) is 0 Å². The minimum Gasteiger partial charge on any atom is -0.479 e. The van der Waals surface area contributed by atoms with Crippen LogP contribution in [0.15, 0.2) is 18.2 Å². The fourth-order valence-electron chi connectivity index (χ4n) is 3.04. The molecule has 1 aromatic carbocycles. The van der Waals surface area contributed by atoms with Gasteiger partial charge in [0, 0.05) is 6.54 Å².